The highest BCUT2D eigenvalue weighted by Gasteiger charge is 2.09. The van der Waals surface area contributed by atoms with Crippen molar-refractivity contribution in [2.24, 2.45) is 7.05 Å². The molecule has 0 aliphatic carbocycles. The van der Waals surface area contributed by atoms with Gasteiger partial charge in [-0.25, -0.2) is 4.79 Å². The van der Waals surface area contributed by atoms with Gasteiger partial charge in [0.25, 0.3) is 0 Å². The summed E-state index contributed by atoms with van der Waals surface area (Å²) >= 11 is 0. The fraction of sp³-hybridized carbons (Fsp3) is 0.700. The SMILES string of the molecule is Cn1ccn(CCN2CCNCC2)c1=O. The maximum absolute atomic E-state index is 11.5. The molecule has 1 aliphatic rings. The van der Waals surface area contributed by atoms with E-state index in [4.69, 9.17) is 0 Å². The van der Waals surface area contributed by atoms with Crippen molar-refractivity contribution >= 4 is 0 Å². The summed E-state index contributed by atoms with van der Waals surface area (Å²) in [7, 11) is 1.78. The Morgan fingerprint density at radius 1 is 1.27 bits per heavy atom. The van der Waals surface area contributed by atoms with E-state index in [1.165, 1.54) is 0 Å². The second-order valence-electron chi connectivity index (χ2n) is 3.98. The summed E-state index contributed by atoms with van der Waals surface area (Å²) in [5.74, 6) is 0. The number of aromatic nitrogens is 2. The highest BCUT2D eigenvalue weighted by atomic mass is 16.1. The molecule has 15 heavy (non-hydrogen) atoms. The van der Waals surface area contributed by atoms with E-state index in [0.29, 0.717) is 0 Å². The van der Waals surface area contributed by atoms with Crippen LogP contribution in [0.5, 0.6) is 0 Å². The minimum atomic E-state index is 0.0742. The van der Waals surface area contributed by atoms with E-state index in [1.807, 2.05) is 6.20 Å². The van der Waals surface area contributed by atoms with Crippen LogP contribution in [0, 0.1) is 0 Å². The molecule has 2 rings (SSSR count). The minimum absolute atomic E-state index is 0.0742. The molecule has 0 saturated carbocycles. The zero-order valence-corrected chi connectivity index (χ0v) is 9.15. The molecular weight excluding hydrogens is 192 g/mol. The molecule has 0 bridgehead atoms. The lowest BCUT2D eigenvalue weighted by Gasteiger charge is -2.26. The number of aryl methyl sites for hydroxylation is 1. The molecule has 5 heteroatoms. The predicted octanol–water partition coefficient (Wildman–Crippen LogP) is -0.908. The molecule has 1 aromatic rings. The number of hydrogen-bond acceptors (Lipinski definition) is 3. The van der Waals surface area contributed by atoms with Crippen LogP contribution in [0.3, 0.4) is 0 Å². The van der Waals surface area contributed by atoms with Crippen LogP contribution in [0.15, 0.2) is 17.2 Å². The number of nitrogens with zero attached hydrogens (tertiary/aromatic N) is 3. The van der Waals surface area contributed by atoms with E-state index in [0.717, 1.165) is 39.3 Å². The Morgan fingerprint density at radius 2 is 2.00 bits per heavy atom. The summed E-state index contributed by atoms with van der Waals surface area (Å²) in [6.45, 7) is 6.04. The molecular formula is C10H18N4O. The maximum Gasteiger partial charge on any atom is 0.327 e. The van der Waals surface area contributed by atoms with Crippen molar-refractivity contribution in [3.8, 4) is 0 Å². The largest absolute Gasteiger partial charge is 0.327 e. The average Bonchev–Trinajstić information content (AvgIpc) is 2.59. The number of nitrogens with one attached hydrogen (secondary N) is 1. The van der Waals surface area contributed by atoms with Crippen LogP contribution in [0.2, 0.25) is 0 Å². The summed E-state index contributed by atoms with van der Waals surface area (Å²) in [6, 6.07) is 0. The van der Waals surface area contributed by atoms with Gasteiger partial charge in [0.15, 0.2) is 0 Å². The van der Waals surface area contributed by atoms with Crippen molar-refractivity contribution in [1.82, 2.24) is 19.4 Å². The van der Waals surface area contributed by atoms with Gasteiger partial charge in [0.05, 0.1) is 0 Å². The van der Waals surface area contributed by atoms with E-state index in [2.05, 4.69) is 10.2 Å². The highest BCUT2D eigenvalue weighted by Crippen LogP contribution is 1.93. The Bertz CT molecular complexity index is 362. The van der Waals surface area contributed by atoms with Gasteiger partial charge < -0.3 is 9.88 Å². The first-order valence-electron chi connectivity index (χ1n) is 5.42. The van der Waals surface area contributed by atoms with Gasteiger partial charge in [-0.3, -0.25) is 9.47 Å². The van der Waals surface area contributed by atoms with E-state index in [9.17, 15) is 4.79 Å². The number of imidazole rings is 1. The topological polar surface area (TPSA) is 42.2 Å². The minimum Gasteiger partial charge on any atom is -0.314 e. The van der Waals surface area contributed by atoms with Crippen molar-refractivity contribution < 1.29 is 0 Å². The summed E-state index contributed by atoms with van der Waals surface area (Å²) in [5.41, 5.74) is 0.0742. The first kappa shape index (κ1) is 10.4. The van der Waals surface area contributed by atoms with Crippen molar-refractivity contribution in [2.45, 2.75) is 6.54 Å². The lowest BCUT2D eigenvalue weighted by atomic mass is 10.3. The summed E-state index contributed by atoms with van der Waals surface area (Å²) < 4.78 is 3.37. The van der Waals surface area contributed by atoms with E-state index in [-0.39, 0.29) is 5.69 Å². The Kier molecular flexibility index (Phi) is 3.23. The third-order valence-corrected chi connectivity index (χ3v) is 2.88. The van der Waals surface area contributed by atoms with Crippen molar-refractivity contribution in [3.63, 3.8) is 0 Å². The normalized spacial score (nSPS) is 18.2. The molecule has 84 valence electrons. The van der Waals surface area contributed by atoms with Gasteiger partial charge in [0.1, 0.15) is 0 Å². The van der Waals surface area contributed by atoms with Crippen LogP contribution in [0.1, 0.15) is 0 Å². The van der Waals surface area contributed by atoms with Crippen molar-refractivity contribution in [2.75, 3.05) is 32.7 Å². The Balaban J connectivity index is 1.87. The fourth-order valence-corrected chi connectivity index (χ4v) is 1.86. The molecule has 1 N–H and O–H groups in total. The zero-order chi connectivity index (χ0) is 10.7. The number of hydrogen-bond donors (Lipinski definition) is 1. The maximum atomic E-state index is 11.5. The van der Waals surface area contributed by atoms with Gasteiger partial charge in [-0.15, -0.1) is 0 Å². The van der Waals surface area contributed by atoms with Gasteiger partial charge in [0, 0.05) is 58.7 Å². The van der Waals surface area contributed by atoms with Gasteiger partial charge in [-0.2, -0.15) is 0 Å². The smallest absolute Gasteiger partial charge is 0.314 e. The monoisotopic (exact) mass is 210 g/mol. The average molecular weight is 210 g/mol. The van der Waals surface area contributed by atoms with Crippen LogP contribution in [0.25, 0.3) is 0 Å². The lowest BCUT2D eigenvalue weighted by molar-refractivity contribution is 0.231. The number of rotatable bonds is 3. The van der Waals surface area contributed by atoms with Gasteiger partial charge in [-0.1, -0.05) is 0 Å². The molecule has 0 spiro atoms. The van der Waals surface area contributed by atoms with E-state index < -0.39 is 0 Å². The van der Waals surface area contributed by atoms with Crippen molar-refractivity contribution in [3.05, 3.63) is 22.9 Å². The third-order valence-electron chi connectivity index (χ3n) is 2.88. The third kappa shape index (κ3) is 2.49. The molecule has 0 aromatic carbocycles. The molecule has 2 heterocycles. The van der Waals surface area contributed by atoms with E-state index in [1.54, 1.807) is 22.4 Å². The second kappa shape index (κ2) is 4.63. The molecule has 1 fully saturated rings. The lowest BCUT2D eigenvalue weighted by Crippen LogP contribution is -2.45. The molecule has 0 unspecified atom stereocenters. The molecule has 0 amide bonds. The molecule has 1 aliphatic heterocycles. The summed E-state index contributed by atoms with van der Waals surface area (Å²) in [6.07, 6.45) is 3.66. The Morgan fingerprint density at radius 3 is 2.60 bits per heavy atom. The predicted molar refractivity (Wildman–Crippen MR) is 59.0 cm³/mol. The van der Waals surface area contributed by atoms with Gasteiger partial charge in [0.2, 0.25) is 0 Å². The molecule has 0 atom stereocenters. The van der Waals surface area contributed by atoms with Gasteiger partial charge in [-0.05, 0) is 0 Å². The zero-order valence-electron chi connectivity index (χ0n) is 9.15. The molecule has 1 saturated heterocycles. The van der Waals surface area contributed by atoms with Crippen LogP contribution < -0.4 is 11.0 Å². The van der Waals surface area contributed by atoms with Crippen LogP contribution in [-0.4, -0.2) is 46.8 Å². The summed E-state index contributed by atoms with van der Waals surface area (Å²) in [4.78, 5) is 13.9. The standard InChI is InChI=1S/C10H18N4O/c1-12-6-8-14(10(12)15)9-7-13-4-2-11-3-5-13/h6,8,11H,2-5,7,9H2,1H3. The highest BCUT2D eigenvalue weighted by molar-refractivity contribution is 4.80. The molecule has 1 aromatic heterocycles. The first-order chi connectivity index (χ1) is 7.27. The van der Waals surface area contributed by atoms with E-state index >= 15 is 0 Å². The fourth-order valence-electron chi connectivity index (χ4n) is 1.86. The Labute approximate surface area is 89.3 Å². The number of piperazine rings is 1. The van der Waals surface area contributed by atoms with Crippen LogP contribution in [-0.2, 0) is 13.6 Å². The second-order valence-corrected chi connectivity index (χ2v) is 3.98. The Hall–Kier alpha value is -1.07. The van der Waals surface area contributed by atoms with Crippen LogP contribution >= 0.6 is 0 Å². The van der Waals surface area contributed by atoms with Crippen molar-refractivity contribution in [1.29, 1.82) is 0 Å². The quantitative estimate of drug-likeness (QED) is 0.702. The molecule has 0 radical (unpaired) electrons. The first-order valence-corrected chi connectivity index (χ1v) is 5.42. The van der Waals surface area contributed by atoms with Gasteiger partial charge >= 0.3 is 5.69 Å². The summed E-state index contributed by atoms with van der Waals surface area (Å²) in [5, 5.41) is 3.31. The molecule has 5 nitrogen and oxygen atoms in total. The van der Waals surface area contributed by atoms with Crippen LogP contribution in [0.4, 0.5) is 0 Å².